The molecule has 2 N–H and O–H groups in total. The minimum atomic E-state index is -3.66. The molecule has 6 nitrogen and oxygen atoms in total. The van der Waals surface area contributed by atoms with E-state index in [1.165, 1.54) is 12.1 Å². The second-order valence-corrected chi connectivity index (χ2v) is 9.40. The van der Waals surface area contributed by atoms with E-state index in [2.05, 4.69) is 15.0 Å². The first kappa shape index (κ1) is 20.5. The van der Waals surface area contributed by atoms with Crippen LogP contribution in [0.3, 0.4) is 0 Å². The number of nitrogens with one attached hydrogen (secondary N) is 2. The number of hydrogen-bond donors (Lipinski definition) is 2. The highest BCUT2D eigenvalue weighted by Crippen LogP contribution is 2.47. The third-order valence-electron chi connectivity index (χ3n) is 5.07. The molecule has 2 aromatic carbocycles. The minimum Gasteiger partial charge on any atom is -0.326 e. The van der Waals surface area contributed by atoms with Gasteiger partial charge in [0.15, 0.2) is 0 Å². The largest absolute Gasteiger partial charge is 0.326 e. The van der Waals surface area contributed by atoms with Crippen molar-refractivity contribution < 1.29 is 13.2 Å². The lowest BCUT2D eigenvalue weighted by molar-refractivity contribution is -0.117. The Hall–Kier alpha value is -2.74. The Morgan fingerprint density at radius 2 is 1.67 bits per heavy atom. The first-order valence-corrected chi connectivity index (χ1v) is 11.3. The first-order chi connectivity index (χ1) is 14.4. The Balaban J connectivity index is 1.34. The molecule has 8 heteroatoms. The van der Waals surface area contributed by atoms with Crippen LogP contribution >= 0.6 is 11.6 Å². The fourth-order valence-corrected chi connectivity index (χ4v) is 4.42. The molecule has 1 fully saturated rings. The fraction of sp³-hybridized carbons (Fsp3) is 0.182. The molecule has 1 aliphatic carbocycles. The second-order valence-electron chi connectivity index (χ2n) is 7.19. The van der Waals surface area contributed by atoms with Crippen LogP contribution in [0.4, 0.5) is 5.69 Å². The van der Waals surface area contributed by atoms with Gasteiger partial charge >= 0.3 is 0 Å². The van der Waals surface area contributed by atoms with Crippen molar-refractivity contribution in [2.24, 2.45) is 5.92 Å². The van der Waals surface area contributed by atoms with Gasteiger partial charge in [0.05, 0.1) is 4.90 Å². The van der Waals surface area contributed by atoms with E-state index in [0.29, 0.717) is 10.7 Å². The fourth-order valence-electron chi connectivity index (χ4n) is 3.28. The molecule has 0 spiro atoms. The zero-order valence-electron chi connectivity index (χ0n) is 16.0. The van der Waals surface area contributed by atoms with Crippen molar-refractivity contribution in [2.45, 2.75) is 23.8 Å². The van der Waals surface area contributed by atoms with Gasteiger partial charge in [-0.3, -0.25) is 9.78 Å². The third kappa shape index (κ3) is 4.87. The molecule has 1 heterocycles. The van der Waals surface area contributed by atoms with Crippen LogP contribution in [0.15, 0.2) is 78.0 Å². The number of rotatable bonds is 7. The summed E-state index contributed by atoms with van der Waals surface area (Å²) in [4.78, 5) is 16.6. The predicted octanol–water partition coefficient (Wildman–Crippen LogP) is 3.96. The van der Waals surface area contributed by atoms with Crippen molar-refractivity contribution in [1.82, 2.24) is 9.71 Å². The molecule has 1 amide bonds. The topological polar surface area (TPSA) is 88.2 Å². The van der Waals surface area contributed by atoms with E-state index in [9.17, 15) is 13.2 Å². The van der Waals surface area contributed by atoms with E-state index >= 15 is 0 Å². The van der Waals surface area contributed by atoms with Gasteiger partial charge < -0.3 is 5.32 Å². The van der Waals surface area contributed by atoms with Crippen molar-refractivity contribution in [3.8, 4) is 0 Å². The summed E-state index contributed by atoms with van der Waals surface area (Å²) in [5, 5.41) is 3.46. The molecular weight excluding hydrogens is 422 g/mol. The number of anilines is 1. The molecule has 1 aromatic heterocycles. The first-order valence-electron chi connectivity index (χ1n) is 9.47. The zero-order chi connectivity index (χ0) is 21.1. The van der Waals surface area contributed by atoms with E-state index in [0.717, 1.165) is 17.5 Å². The SMILES string of the molecule is O=C(Nc1ccc(S(=O)(=O)NCc2ccc(Cl)cc2)cc1)C1CC1c1ccncc1. The van der Waals surface area contributed by atoms with Gasteiger partial charge in [-0.1, -0.05) is 23.7 Å². The Kier molecular flexibility index (Phi) is 5.85. The number of halogens is 1. The molecule has 1 saturated carbocycles. The highest BCUT2D eigenvalue weighted by molar-refractivity contribution is 7.89. The molecule has 0 bridgehead atoms. The van der Waals surface area contributed by atoms with Crippen LogP contribution in [-0.4, -0.2) is 19.3 Å². The average molecular weight is 442 g/mol. The Labute approximate surface area is 180 Å². The number of sulfonamides is 1. The van der Waals surface area contributed by atoms with Crippen molar-refractivity contribution in [3.05, 3.63) is 89.2 Å². The number of nitrogens with zero attached hydrogens (tertiary/aromatic N) is 1. The number of amides is 1. The molecule has 3 aromatic rings. The maximum Gasteiger partial charge on any atom is 0.240 e. The van der Waals surface area contributed by atoms with E-state index in [4.69, 9.17) is 11.6 Å². The Morgan fingerprint density at radius 1 is 1.00 bits per heavy atom. The summed E-state index contributed by atoms with van der Waals surface area (Å²) in [5.74, 6) is 0.0786. The van der Waals surface area contributed by atoms with Crippen LogP contribution in [-0.2, 0) is 21.4 Å². The van der Waals surface area contributed by atoms with Gasteiger partial charge in [0.1, 0.15) is 0 Å². The van der Waals surface area contributed by atoms with Crippen molar-refractivity contribution in [3.63, 3.8) is 0 Å². The van der Waals surface area contributed by atoms with Crippen molar-refractivity contribution in [1.29, 1.82) is 0 Å². The lowest BCUT2D eigenvalue weighted by atomic mass is 10.1. The van der Waals surface area contributed by atoms with Crippen LogP contribution in [0.1, 0.15) is 23.5 Å². The zero-order valence-corrected chi connectivity index (χ0v) is 17.5. The maximum absolute atomic E-state index is 12.5. The van der Waals surface area contributed by atoms with Crippen LogP contribution in [0.2, 0.25) is 5.02 Å². The maximum atomic E-state index is 12.5. The molecule has 1 aliphatic rings. The average Bonchev–Trinajstić information content (AvgIpc) is 3.56. The highest BCUT2D eigenvalue weighted by atomic mass is 35.5. The molecule has 0 aliphatic heterocycles. The van der Waals surface area contributed by atoms with Gasteiger partial charge in [-0.2, -0.15) is 0 Å². The molecule has 0 saturated heterocycles. The predicted molar refractivity (Wildman–Crippen MR) is 116 cm³/mol. The number of benzene rings is 2. The van der Waals surface area contributed by atoms with Crippen LogP contribution < -0.4 is 10.0 Å². The van der Waals surface area contributed by atoms with E-state index in [1.807, 2.05) is 12.1 Å². The quantitative estimate of drug-likeness (QED) is 0.581. The smallest absolute Gasteiger partial charge is 0.240 e. The highest BCUT2D eigenvalue weighted by Gasteiger charge is 2.43. The van der Waals surface area contributed by atoms with Crippen LogP contribution in [0.25, 0.3) is 0 Å². The monoisotopic (exact) mass is 441 g/mol. The molecule has 0 radical (unpaired) electrons. The Bertz CT molecular complexity index is 1130. The van der Waals surface area contributed by atoms with Gasteiger partial charge in [-0.05, 0) is 72.0 Å². The van der Waals surface area contributed by atoms with Gasteiger partial charge in [0.25, 0.3) is 0 Å². The normalized spacial score (nSPS) is 18.0. The molecular formula is C22H20ClN3O3S. The third-order valence-corrected chi connectivity index (χ3v) is 6.74. The number of pyridine rings is 1. The molecule has 30 heavy (non-hydrogen) atoms. The van der Waals surface area contributed by atoms with Gasteiger partial charge in [0, 0.05) is 35.6 Å². The van der Waals surface area contributed by atoms with Crippen LogP contribution in [0.5, 0.6) is 0 Å². The summed E-state index contributed by atoms with van der Waals surface area (Å²) >= 11 is 5.84. The van der Waals surface area contributed by atoms with Crippen molar-refractivity contribution >= 4 is 33.2 Å². The summed E-state index contributed by atoms with van der Waals surface area (Å²) in [6, 6.07) is 16.9. The standard InChI is InChI=1S/C22H20ClN3O3S/c23-17-3-1-15(2-4-17)14-25-30(28,29)19-7-5-18(6-8-19)26-22(27)21-13-20(21)16-9-11-24-12-10-16/h1-12,20-21,25H,13-14H2,(H,26,27). The number of carbonyl (C=O) groups excluding carboxylic acids is 1. The van der Waals surface area contributed by atoms with Gasteiger partial charge in [0.2, 0.25) is 15.9 Å². The summed E-state index contributed by atoms with van der Waals surface area (Å²) in [5.41, 5.74) is 2.48. The van der Waals surface area contributed by atoms with E-state index in [1.54, 1.807) is 48.8 Å². The van der Waals surface area contributed by atoms with E-state index in [-0.39, 0.29) is 29.2 Å². The van der Waals surface area contributed by atoms with E-state index < -0.39 is 10.0 Å². The lowest BCUT2D eigenvalue weighted by Crippen LogP contribution is -2.23. The van der Waals surface area contributed by atoms with Crippen molar-refractivity contribution in [2.75, 3.05) is 5.32 Å². The molecule has 4 rings (SSSR count). The number of aromatic nitrogens is 1. The molecule has 154 valence electrons. The number of hydrogen-bond acceptors (Lipinski definition) is 4. The molecule has 2 atom stereocenters. The van der Waals surface area contributed by atoms with Gasteiger partial charge in [-0.25, -0.2) is 13.1 Å². The van der Waals surface area contributed by atoms with Gasteiger partial charge in [-0.15, -0.1) is 0 Å². The second kappa shape index (κ2) is 8.55. The Morgan fingerprint density at radius 3 is 2.33 bits per heavy atom. The van der Waals surface area contributed by atoms with Crippen LogP contribution in [0, 0.1) is 5.92 Å². The molecule has 2 unspecified atom stereocenters. The summed E-state index contributed by atoms with van der Waals surface area (Å²) < 4.78 is 27.5. The number of carbonyl (C=O) groups is 1. The summed E-state index contributed by atoms with van der Waals surface area (Å²) in [7, 11) is -3.66. The summed E-state index contributed by atoms with van der Waals surface area (Å²) in [6.45, 7) is 0.163. The summed E-state index contributed by atoms with van der Waals surface area (Å²) in [6.07, 6.45) is 4.25. The minimum absolute atomic E-state index is 0.0618. The lowest BCUT2D eigenvalue weighted by Gasteiger charge is -2.09.